The van der Waals surface area contributed by atoms with Crippen LogP contribution in [0.2, 0.25) is 0 Å². The van der Waals surface area contributed by atoms with Crippen LogP contribution in [0.3, 0.4) is 0 Å². The first-order valence-electron chi connectivity index (χ1n) is 8.29. The van der Waals surface area contributed by atoms with Gasteiger partial charge in [-0.3, -0.25) is 14.3 Å². The second-order valence-electron chi connectivity index (χ2n) is 6.17. The van der Waals surface area contributed by atoms with Crippen molar-refractivity contribution in [2.75, 3.05) is 6.61 Å². The molecule has 0 saturated heterocycles. The average Bonchev–Trinajstić information content (AvgIpc) is 3.25. The molecule has 0 aliphatic heterocycles. The van der Waals surface area contributed by atoms with Crippen molar-refractivity contribution in [3.63, 3.8) is 0 Å². The Hall–Kier alpha value is -3.46. The van der Waals surface area contributed by atoms with E-state index in [0.29, 0.717) is 12.3 Å². The molecular weight excluding hydrogens is 352 g/mol. The lowest BCUT2D eigenvalue weighted by Crippen LogP contribution is -2.31. The van der Waals surface area contributed by atoms with Gasteiger partial charge in [-0.15, -0.1) is 0 Å². The molecule has 4 aromatic rings. The summed E-state index contributed by atoms with van der Waals surface area (Å²) in [6.07, 6.45) is 3.29. The van der Waals surface area contributed by atoms with Gasteiger partial charge in [-0.25, -0.2) is 4.79 Å². The molecule has 0 radical (unpaired) electrons. The number of benzene rings is 1. The first-order chi connectivity index (χ1) is 13.0. The van der Waals surface area contributed by atoms with Crippen LogP contribution in [0.25, 0.3) is 22.4 Å². The van der Waals surface area contributed by atoms with Crippen LogP contribution in [0.1, 0.15) is 17.0 Å². The molecule has 9 heteroatoms. The van der Waals surface area contributed by atoms with Gasteiger partial charge in [0.2, 0.25) is 11.7 Å². The summed E-state index contributed by atoms with van der Waals surface area (Å²) in [4.78, 5) is 30.2. The third-order valence-electron chi connectivity index (χ3n) is 4.21. The Bertz CT molecular complexity index is 1230. The van der Waals surface area contributed by atoms with E-state index in [0.717, 1.165) is 22.1 Å². The average molecular weight is 368 g/mol. The molecule has 0 atom stereocenters. The smallest absolute Gasteiger partial charge is 0.328 e. The van der Waals surface area contributed by atoms with Gasteiger partial charge >= 0.3 is 5.69 Å². The largest absolute Gasteiger partial charge is 0.464 e. The zero-order valence-electron chi connectivity index (χ0n) is 14.4. The molecule has 0 amide bonds. The number of rotatable bonds is 5. The number of hydrogen-bond donors (Lipinski definition) is 2. The number of nitrogens with one attached hydrogen (secondary N) is 1. The van der Waals surface area contributed by atoms with Crippen molar-refractivity contribution in [2.45, 2.75) is 19.9 Å². The van der Waals surface area contributed by atoms with Gasteiger partial charge in [-0.05, 0) is 19.1 Å². The molecule has 0 unspecified atom stereocenters. The molecule has 0 saturated carbocycles. The second kappa shape index (κ2) is 6.69. The predicted octanol–water partition coefficient (Wildman–Crippen LogP) is 1.22. The highest BCUT2D eigenvalue weighted by Gasteiger charge is 2.16. The third kappa shape index (κ3) is 3.20. The maximum absolute atomic E-state index is 12.1. The summed E-state index contributed by atoms with van der Waals surface area (Å²) in [5.74, 6) is 0.385. The normalized spacial score (nSPS) is 11.3. The lowest BCUT2D eigenvalue weighted by Gasteiger charge is -2.02. The molecule has 0 fully saturated rings. The molecule has 3 aromatic heterocycles. The standard InChI is InChI=1S/C18H16N4O5/c1-10-2-3-14-12(6-10)11(9-26-14)7-15-19-16(21-27-15)13-8-22(4-5-23)18(25)20-17(13)24/h2-3,6,8-9,23H,4-5,7H2,1H3,(H,20,24,25). The molecular formula is C18H16N4O5. The number of aromatic amines is 1. The maximum Gasteiger partial charge on any atom is 0.328 e. The number of aliphatic hydroxyl groups is 1. The number of aromatic nitrogens is 4. The highest BCUT2D eigenvalue weighted by atomic mass is 16.5. The van der Waals surface area contributed by atoms with E-state index in [1.807, 2.05) is 25.1 Å². The lowest BCUT2D eigenvalue weighted by atomic mass is 10.1. The number of aryl methyl sites for hydroxylation is 1. The Morgan fingerprint density at radius 3 is 2.96 bits per heavy atom. The molecule has 3 heterocycles. The molecule has 0 aliphatic carbocycles. The number of fused-ring (bicyclic) bond motifs is 1. The molecule has 4 rings (SSSR count). The monoisotopic (exact) mass is 368 g/mol. The maximum atomic E-state index is 12.1. The quantitative estimate of drug-likeness (QED) is 0.542. The number of furan rings is 1. The van der Waals surface area contributed by atoms with Crippen molar-refractivity contribution < 1.29 is 14.0 Å². The highest BCUT2D eigenvalue weighted by Crippen LogP contribution is 2.24. The summed E-state index contributed by atoms with van der Waals surface area (Å²) >= 11 is 0. The number of H-pyrrole nitrogens is 1. The first kappa shape index (κ1) is 17.0. The molecule has 0 bridgehead atoms. The van der Waals surface area contributed by atoms with Crippen LogP contribution in [0.5, 0.6) is 0 Å². The number of aliphatic hydroxyl groups excluding tert-OH is 1. The Morgan fingerprint density at radius 1 is 1.30 bits per heavy atom. The van der Waals surface area contributed by atoms with E-state index in [-0.39, 0.29) is 24.5 Å². The van der Waals surface area contributed by atoms with Gasteiger partial charge in [-0.2, -0.15) is 4.98 Å². The van der Waals surface area contributed by atoms with Crippen molar-refractivity contribution in [3.8, 4) is 11.4 Å². The molecule has 9 nitrogen and oxygen atoms in total. The summed E-state index contributed by atoms with van der Waals surface area (Å²) in [6, 6.07) is 5.88. The third-order valence-corrected chi connectivity index (χ3v) is 4.21. The van der Waals surface area contributed by atoms with Gasteiger partial charge in [-0.1, -0.05) is 16.8 Å². The molecule has 27 heavy (non-hydrogen) atoms. The van der Waals surface area contributed by atoms with E-state index < -0.39 is 11.2 Å². The van der Waals surface area contributed by atoms with E-state index >= 15 is 0 Å². The van der Waals surface area contributed by atoms with Crippen molar-refractivity contribution in [3.05, 3.63) is 68.5 Å². The van der Waals surface area contributed by atoms with E-state index in [1.54, 1.807) is 6.26 Å². The fraction of sp³-hybridized carbons (Fsp3) is 0.222. The summed E-state index contributed by atoms with van der Waals surface area (Å²) in [7, 11) is 0. The van der Waals surface area contributed by atoms with E-state index in [2.05, 4.69) is 15.1 Å². The Morgan fingerprint density at radius 2 is 2.15 bits per heavy atom. The molecule has 1 aromatic carbocycles. The Labute approximate surface area is 151 Å². The van der Waals surface area contributed by atoms with Gasteiger partial charge in [0, 0.05) is 17.1 Å². The van der Waals surface area contributed by atoms with Gasteiger partial charge in [0.15, 0.2) is 0 Å². The van der Waals surface area contributed by atoms with Crippen LogP contribution in [0, 0.1) is 6.92 Å². The number of hydrogen-bond acceptors (Lipinski definition) is 7. The molecule has 138 valence electrons. The molecule has 0 aliphatic rings. The predicted molar refractivity (Wildman–Crippen MR) is 95.5 cm³/mol. The SMILES string of the molecule is Cc1ccc2occ(Cc3nc(-c4cn(CCO)c(=O)[nH]c4=O)no3)c2c1. The Kier molecular flexibility index (Phi) is 4.21. The van der Waals surface area contributed by atoms with Crippen molar-refractivity contribution in [1.82, 2.24) is 19.7 Å². The fourth-order valence-corrected chi connectivity index (χ4v) is 2.87. The van der Waals surface area contributed by atoms with Gasteiger partial charge in [0.25, 0.3) is 5.56 Å². The van der Waals surface area contributed by atoms with Crippen LogP contribution in [0.15, 0.2) is 49.2 Å². The van der Waals surface area contributed by atoms with E-state index in [1.165, 1.54) is 10.8 Å². The van der Waals surface area contributed by atoms with Crippen LogP contribution in [0.4, 0.5) is 0 Å². The topological polar surface area (TPSA) is 127 Å². The van der Waals surface area contributed by atoms with Crippen LogP contribution < -0.4 is 11.2 Å². The minimum Gasteiger partial charge on any atom is -0.464 e. The van der Waals surface area contributed by atoms with Gasteiger partial charge in [0.05, 0.1) is 25.8 Å². The van der Waals surface area contributed by atoms with Crippen molar-refractivity contribution in [2.24, 2.45) is 0 Å². The van der Waals surface area contributed by atoms with Crippen LogP contribution >= 0.6 is 0 Å². The summed E-state index contributed by atoms with van der Waals surface area (Å²) < 4.78 is 12.0. The fourth-order valence-electron chi connectivity index (χ4n) is 2.87. The van der Waals surface area contributed by atoms with E-state index in [9.17, 15) is 9.59 Å². The zero-order chi connectivity index (χ0) is 19.0. The van der Waals surface area contributed by atoms with Crippen LogP contribution in [-0.4, -0.2) is 31.4 Å². The van der Waals surface area contributed by atoms with Crippen molar-refractivity contribution in [1.29, 1.82) is 0 Å². The van der Waals surface area contributed by atoms with Crippen LogP contribution in [-0.2, 0) is 13.0 Å². The second-order valence-corrected chi connectivity index (χ2v) is 6.17. The van der Waals surface area contributed by atoms with Gasteiger partial charge in [0.1, 0.15) is 11.1 Å². The van der Waals surface area contributed by atoms with Crippen molar-refractivity contribution >= 4 is 11.0 Å². The highest BCUT2D eigenvalue weighted by molar-refractivity contribution is 5.82. The van der Waals surface area contributed by atoms with E-state index in [4.69, 9.17) is 14.0 Å². The van der Waals surface area contributed by atoms with Gasteiger partial charge < -0.3 is 14.0 Å². The lowest BCUT2D eigenvalue weighted by molar-refractivity contribution is 0.273. The molecule has 0 spiro atoms. The summed E-state index contributed by atoms with van der Waals surface area (Å²) in [6.45, 7) is 1.80. The number of nitrogens with zero attached hydrogens (tertiary/aromatic N) is 3. The summed E-state index contributed by atoms with van der Waals surface area (Å²) in [5, 5.41) is 13.8. The Balaban J connectivity index is 1.68. The minimum atomic E-state index is -0.620. The summed E-state index contributed by atoms with van der Waals surface area (Å²) in [5.41, 5.74) is 1.62. The molecule has 2 N–H and O–H groups in total. The zero-order valence-corrected chi connectivity index (χ0v) is 14.4. The minimum absolute atomic E-state index is 0.0493. The first-order valence-corrected chi connectivity index (χ1v) is 8.29.